The van der Waals surface area contributed by atoms with Crippen molar-refractivity contribution in [1.82, 2.24) is 14.9 Å². The van der Waals surface area contributed by atoms with Crippen LogP contribution >= 0.6 is 11.6 Å². The molecule has 0 spiro atoms. The van der Waals surface area contributed by atoms with E-state index in [1.165, 1.54) is 0 Å². The van der Waals surface area contributed by atoms with Gasteiger partial charge in [0.1, 0.15) is 0 Å². The number of aromatic nitrogens is 2. The molecule has 1 heterocycles. The first-order valence-corrected chi connectivity index (χ1v) is 6.02. The molecule has 0 aliphatic heterocycles. The molecule has 0 radical (unpaired) electrons. The largest absolute Gasteiger partial charge is 0.337 e. The highest BCUT2D eigenvalue weighted by Crippen LogP contribution is 2.03. The minimum absolute atomic E-state index is 0.425. The number of aryl methyl sites for hydroxylation is 1. The first-order chi connectivity index (χ1) is 7.24. The van der Waals surface area contributed by atoms with Crippen molar-refractivity contribution >= 4 is 11.6 Å². The predicted molar refractivity (Wildman–Crippen MR) is 64.2 cm³/mol. The zero-order valence-electron chi connectivity index (χ0n) is 9.49. The molecule has 0 bridgehead atoms. The van der Waals surface area contributed by atoms with E-state index in [9.17, 15) is 0 Å². The van der Waals surface area contributed by atoms with Gasteiger partial charge in [-0.15, -0.1) is 11.6 Å². The molecule has 15 heavy (non-hydrogen) atoms. The van der Waals surface area contributed by atoms with Crippen LogP contribution < -0.4 is 5.32 Å². The Hall–Kier alpha value is -0.540. The van der Waals surface area contributed by atoms with E-state index in [2.05, 4.69) is 28.7 Å². The van der Waals surface area contributed by atoms with Gasteiger partial charge in [0.25, 0.3) is 0 Å². The van der Waals surface area contributed by atoms with Crippen molar-refractivity contribution < 1.29 is 0 Å². The average Bonchev–Trinajstić information content (AvgIpc) is 2.70. The molecule has 1 atom stereocenters. The highest BCUT2D eigenvalue weighted by molar-refractivity contribution is 6.18. The topological polar surface area (TPSA) is 29.9 Å². The van der Waals surface area contributed by atoms with Crippen molar-refractivity contribution in [3.05, 3.63) is 18.7 Å². The fourth-order valence-electron chi connectivity index (χ4n) is 1.44. The van der Waals surface area contributed by atoms with Crippen LogP contribution in [0.2, 0.25) is 0 Å². The fraction of sp³-hybridized carbons (Fsp3) is 0.727. The number of imidazole rings is 1. The number of hydrogen-bond acceptors (Lipinski definition) is 2. The molecule has 0 saturated heterocycles. The summed E-state index contributed by atoms with van der Waals surface area (Å²) in [6.07, 6.45) is 6.75. The summed E-state index contributed by atoms with van der Waals surface area (Å²) in [4.78, 5) is 4.00. The van der Waals surface area contributed by atoms with Crippen molar-refractivity contribution in [3.63, 3.8) is 0 Å². The normalized spacial score (nSPS) is 13.3. The van der Waals surface area contributed by atoms with Gasteiger partial charge in [0.15, 0.2) is 0 Å². The summed E-state index contributed by atoms with van der Waals surface area (Å²) in [5.74, 6) is 1.28. The number of halogens is 1. The summed E-state index contributed by atoms with van der Waals surface area (Å²) in [6, 6.07) is 0.425. The number of alkyl halides is 1. The van der Waals surface area contributed by atoms with Crippen LogP contribution in [0.5, 0.6) is 0 Å². The lowest BCUT2D eigenvalue weighted by Gasteiger charge is -2.19. The third-order valence-electron chi connectivity index (χ3n) is 2.53. The van der Waals surface area contributed by atoms with Crippen LogP contribution in [-0.2, 0) is 6.54 Å². The smallest absolute Gasteiger partial charge is 0.0945 e. The second-order valence-corrected chi connectivity index (χ2v) is 4.42. The lowest BCUT2D eigenvalue weighted by atomic mass is 10.1. The molecule has 1 rings (SSSR count). The van der Waals surface area contributed by atoms with Gasteiger partial charge < -0.3 is 9.88 Å². The Kier molecular flexibility index (Phi) is 5.73. The summed E-state index contributed by atoms with van der Waals surface area (Å²) in [5, 5.41) is 3.47. The van der Waals surface area contributed by atoms with Gasteiger partial charge in [0.2, 0.25) is 0 Å². The van der Waals surface area contributed by atoms with Crippen molar-refractivity contribution in [2.45, 2.75) is 32.9 Å². The maximum absolute atomic E-state index is 5.86. The second kappa shape index (κ2) is 6.85. The van der Waals surface area contributed by atoms with Crippen molar-refractivity contribution in [2.75, 3.05) is 12.4 Å². The predicted octanol–water partition coefficient (Wildman–Crippen LogP) is 2.13. The zero-order valence-corrected chi connectivity index (χ0v) is 10.2. The van der Waals surface area contributed by atoms with Crippen LogP contribution in [0.1, 0.15) is 20.3 Å². The molecular formula is C11H20ClN3. The molecule has 86 valence electrons. The Labute approximate surface area is 96.8 Å². The van der Waals surface area contributed by atoms with Gasteiger partial charge in [0.05, 0.1) is 6.33 Å². The van der Waals surface area contributed by atoms with E-state index in [-0.39, 0.29) is 0 Å². The Morgan fingerprint density at radius 3 is 2.80 bits per heavy atom. The Balaban J connectivity index is 2.10. The summed E-state index contributed by atoms with van der Waals surface area (Å²) < 4.78 is 2.09. The van der Waals surface area contributed by atoms with E-state index >= 15 is 0 Å². The third kappa shape index (κ3) is 4.67. The molecule has 0 aliphatic carbocycles. The van der Waals surface area contributed by atoms with Crippen molar-refractivity contribution in [1.29, 1.82) is 0 Å². The van der Waals surface area contributed by atoms with Gasteiger partial charge in [-0.2, -0.15) is 0 Å². The van der Waals surface area contributed by atoms with Gasteiger partial charge in [-0.05, 0) is 18.9 Å². The minimum atomic E-state index is 0.425. The maximum atomic E-state index is 5.86. The van der Waals surface area contributed by atoms with E-state index in [4.69, 9.17) is 11.6 Å². The molecule has 0 saturated carbocycles. The number of nitrogens with zero attached hydrogens (tertiary/aromatic N) is 2. The molecular weight excluding hydrogens is 210 g/mol. The lowest BCUT2D eigenvalue weighted by Crippen LogP contribution is -2.36. The number of hydrogen-bond donors (Lipinski definition) is 1. The highest BCUT2D eigenvalue weighted by atomic mass is 35.5. The highest BCUT2D eigenvalue weighted by Gasteiger charge is 2.09. The standard InChI is InChI=1S/C11H20ClN3/c1-10(2)11(8-12)14-4-3-6-15-7-5-13-9-15/h5,7,9-11,14H,3-4,6,8H2,1-2H3. The van der Waals surface area contributed by atoms with Crippen LogP contribution in [-0.4, -0.2) is 28.0 Å². The van der Waals surface area contributed by atoms with Gasteiger partial charge in [-0.25, -0.2) is 4.98 Å². The molecule has 0 aliphatic rings. The van der Waals surface area contributed by atoms with E-state index in [0.29, 0.717) is 17.8 Å². The maximum Gasteiger partial charge on any atom is 0.0945 e. The molecule has 1 N–H and O–H groups in total. The Bertz CT molecular complexity index is 246. The molecule has 1 aromatic rings. The van der Waals surface area contributed by atoms with Gasteiger partial charge in [0, 0.05) is 30.9 Å². The van der Waals surface area contributed by atoms with Gasteiger partial charge >= 0.3 is 0 Å². The number of rotatable bonds is 7. The first-order valence-electron chi connectivity index (χ1n) is 5.49. The number of nitrogens with one attached hydrogen (secondary N) is 1. The average molecular weight is 230 g/mol. The summed E-state index contributed by atoms with van der Waals surface area (Å²) >= 11 is 5.86. The van der Waals surface area contributed by atoms with Crippen LogP contribution in [0.25, 0.3) is 0 Å². The van der Waals surface area contributed by atoms with E-state index in [0.717, 1.165) is 19.5 Å². The van der Waals surface area contributed by atoms with Crippen LogP contribution in [0.4, 0.5) is 0 Å². The summed E-state index contributed by atoms with van der Waals surface area (Å²) in [6.45, 7) is 6.40. The van der Waals surface area contributed by atoms with E-state index < -0.39 is 0 Å². The van der Waals surface area contributed by atoms with Crippen molar-refractivity contribution in [2.24, 2.45) is 5.92 Å². The molecule has 1 unspecified atom stereocenters. The molecule has 3 nitrogen and oxygen atoms in total. The monoisotopic (exact) mass is 229 g/mol. The SMILES string of the molecule is CC(C)C(CCl)NCCCn1ccnc1. The molecule has 0 fully saturated rings. The van der Waals surface area contributed by atoms with Crippen LogP contribution in [0, 0.1) is 5.92 Å². The second-order valence-electron chi connectivity index (χ2n) is 4.11. The fourth-order valence-corrected chi connectivity index (χ4v) is 1.90. The quantitative estimate of drug-likeness (QED) is 0.574. The molecule has 0 aromatic carbocycles. The molecule has 0 amide bonds. The third-order valence-corrected chi connectivity index (χ3v) is 2.86. The summed E-state index contributed by atoms with van der Waals surface area (Å²) in [7, 11) is 0. The minimum Gasteiger partial charge on any atom is -0.337 e. The summed E-state index contributed by atoms with van der Waals surface area (Å²) in [5.41, 5.74) is 0. The van der Waals surface area contributed by atoms with E-state index in [1.807, 2.05) is 18.7 Å². The first kappa shape index (κ1) is 12.5. The van der Waals surface area contributed by atoms with Gasteiger partial charge in [-0.3, -0.25) is 0 Å². The van der Waals surface area contributed by atoms with E-state index in [1.54, 1.807) is 0 Å². The zero-order chi connectivity index (χ0) is 11.1. The van der Waals surface area contributed by atoms with Crippen molar-refractivity contribution in [3.8, 4) is 0 Å². The van der Waals surface area contributed by atoms with Crippen LogP contribution in [0.3, 0.4) is 0 Å². The molecule has 4 heteroatoms. The van der Waals surface area contributed by atoms with Crippen LogP contribution in [0.15, 0.2) is 18.7 Å². The Morgan fingerprint density at radius 1 is 1.47 bits per heavy atom. The van der Waals surface area contributed by atoms with Gasteiger partial charge in [-0.1, -0.05) is 13.8 Å². The Morgan fingerprint density at radius 2 is 2.27 bits per heavy atom. The molecule has 1 aromatic heterocycles. The lowest BCUT2D eigenvalue weighted by molar-refractivity contribution is 0.421.